The van der Waals surface area contributed by atoms with E-state index in [0.717, 1.165) is 33.0 Å². The lowest BCUT2D eigenvalue weighted by molar-refractivity contribution is -0.0681. The Bertz CT molecular complexity index is 322. The van der Waals surface area contributed by atoms with E-state index < -0.39 is 0 Å². The predicted octanol–water partition coefficient (Wildman–Crippen LogP) is 5.13. The molecule has 0 bridgehead atoms. The van der Waals surface area contributed by atoms with Crippen LogP contribution in [0.1, 0.15) is 85.0 Å². The second-order valence-corrected chi connectivity index (χ2v) is 8.60. The Morgan fingerprint density at radius 2 is 1.42 bits per heavy atom. The molecule has 3 unspecified atom stereocenters. The van der Waals surface area contributed by atoms with Crippen molar-refractivity contribution in [2.75, 3.05) is 33.0 Å². The van der Waals surface area contributed by atoms with Crippen LogP contribution in [0.25, 0.3) is 0 Å². The first-order valence-corrected chi connectivity index (χ1v) is 11.1. The SMILES string of the molecule is CC(C)(C1CCCO1)C1CCCO1.CCCCCCOCC1CCCO1. The van der Waals surface area contributed by atoms with E-state index in [2.05, 4.69) is 20.8 Å². The van der Waals surface area contributed by atoms with Crippen molar-refractivity contribution in [2.24, 2.45) is 5.41 Å². The summed E-state index contributed by atoms with van der Waals surface area (Å²) in [4.78, 5) is 0. The van der Waals surface area contributed by atoms with Gasteiger partial charge in [-0.3, -0.25) is 0 Å². The lowest BCUT2D eigenvalue weighted by Gasteiger charge is -2.35. The average molecular weight is 371 g/mol. The molecule has 0 radical (unpaired) electrons. The van der Waals surface area contributed by atoms with Gasteiger partial charge in [-0.2, -0.15) is 0 Å². The second-order valence-electron chi connectivity index (χ2n) is 8.60. The molecule has 0 aromatic rings. The molecular formula is C22H42O4. The summed E-state index contributed by atoms with van der Waals surface area (Å²) >= 11 is 0. The Morgan fingerprint density at radius 3 is 1.92 bits per heavy atom. The summed E-state index contributed by atoms with van der Waals surface area (Å²) in [6.45, 7) is 11.4. The highest BCUT2D eigenvalue weighted by Crippen LogP contribution is 2.39. The minimum absolute atomic E-state index is 0.215. The summed E-state index contributed by atoms with van der Waals surface area (Å²) in [6.07, 6.45) is 13.7. The van der Waals surface area contributed by atoms with Gasteiger partial charge in [0.1, 0.15) is 0 Å². The maximum absolute atomic E-state index is 5.75. The van der Waals surface area contributed by atoms with Crippen molar-refractivity contribution in [1.29, 1.82) is 0 Å². The standard InChI is InChI=1S/C11H20O2.C11H22O2/c1-11(2,9-5-3-7-12-9)10-6-4-8-13-10;1-2-3-4-5-8-12-10-11-7-6-9-13-11/h9-10H,3-8H2,1-2H3;11H,2-10H2,1H3. The van der Waals surface area contributed by atoms with Crippen molar-refractivity contribution in [1.82, 2.24) is 0 Å². The van der Waals surface area contributed by atoms with Crippen LogP contribution in [-0.2, 0) is 18.9 Å². The quantitative estimate of drug-likeness (QED) is 0.527. The molecule has 3 rings (SSSR count). The van der Waals surface area contributed by atoms with Gasteiger partial charge in [-0.1, -0.05) is 40.0 Å². The Kier molecular flexibility index (Phi) is 10.5. The van der Waals surface area contributed by atoms with Gasteiger partial charge in [-0.25, -0.2) is 0 Å². The van der Waals surface area contributed by atoms with Gasteiger partial charge in [0.05, 0.1) is 24.9 Å². The van der Waals surface area contributed by atoms with Crippen molar-refractivity contribution < 1.29 is 18.9 Å². The molecule has 154 valence electrons. The largest absolute Gasteiger partial charge is 0.379 e. The third-order valence-electron chi connectivity index (χ3n) is 5.99. The summed E-state index contributed by atoms with van der Waals surface area (Å²) < 4.78 is 22.5. The highest BCUT2D eigenvalue weighted by atomic mass is 16.5. The van der Waals surface area contributed by atoms with Crippen LogP contribution in [-0.4, -0.2) is 51.3 Å². The molecule has 3 aliphatic heterocycles. The van der Waals surface area contributed by atoms with E-state index in [1.54, 1.807) is 0 Å². The highest BCUT2D eigenvalue weighted by molar-refractivity contribution is 4.90. The van der Waals surface area contributed by atoms with E-state index in [4.69, 9.17) is 18.9 Å². The van der Waals surface area contributed by atoms with Gasteiger partial charge >= 0.3 is 0 Å². The van der Waals surface area contributed by atoms with Crippen LogP contribution in [0, 0.1) is 5.41 Å². The molecule has 3 heterocycles. The zero-order valence-electron chi connectivity index (χ0n) is 17.5. The maximum Gasteiger partial charge on any atom is 0.0809 e. The van der Waals surface area contributed by atoms with Crippen molar-refractivity contribution in [3.05, 3.63) is 0 Å². The lowest BCUT2D eigenvalue weighted by Crippen LogP contribution is -2.39. The van der Waals surface area contributed by atoms with E-state index >= 15 is 0 Å². The van der Waals surface area contributed by atoms with E-state index in [0.29, 0.717) is 18.3 Å². The van der Waals surface area contributed by atoms with Gasteiger partial charge in [0, 0.05) is 31.8 Å². The Hall–Kier alpha value is -0.160. The number of unbranched alkanes of at least 4 members (excludes halogenated alkanes) is 3. The minimum atomic E-state index is 0.215. The number of rotatable bonds is 9. The van der Waals surface area contributed by atoms with Crippen LogP contribution in [0.5, 0.6) is 0 Å². The average Bonchev–Trinajstić information content (AvgIpc) is 3.41. The summed E-state index contributed by atoms with van der Waals surface area (Å²) in [7, 11) is 0. The third-order valence-corrected chi connectivity index (χ3v) is 5.99. The van der Waals surface area contributed by atoms with Gasteiger partial charge in [-0.15, -0.1) is 0 Å². The molecule has 4 nitrogen and oxygen atoms in total. The molecule has 0 amide bonds. The Balaban J connectivity index is 0.000000187. The molecule has 3 fully saturated rings. The van der Waals surface area contributed by atoms with Crippen molar-refractivity contribution in [2.45, 2.75) is 103 Å². The minimum Gasteiger partial charge on any atom is -0.379 e. The summed E-state index contributed by atoms with van der Waals surface area (Å²) in [5.41, 5.74) is 0.215. The van der Waals surface area contributed by atoms with E-state index in [-0.39, 0.29) is 5.41 Å². The van der Waals surface area contributed by atoms with E-state index in [1.807, 2.05) is 0 Å². The molecule has 0 saturated carbocycles. The molecule has 3 saturated heterocycles. The molecule has 3 aliphatic rings. The molecule has 0 aromatic heterocycles. The molecular weight excluding hydrogens is 328 g/mol. The predicted molar refractivity (Wildman–Crippen MR) is 106 cm³/mol. The van der Waals surface area contributed by atoms with Gasteiger partial charge < -0.3 is 18.9 Å². The molecule has 3 atom stereocenters. The van der Waals surface area contributed by atoms with Crippen LogP contribution in [0.15, 0.2) is 0 Å². The fraction of sp³-hybridized carbons (Fsp3) is 1.00. The molecule has 0 aliphatic carbocycles. The topological polar surface area (TPSA) is 36.9 Å². The lowest BCUT2D eigenvalue weighted by atomic mass is 9.78. The maximum atomic E-state index is 5.75. The van der Waals surface area contributed by atoms with E-state index in [9.17, 15) is 0 Å². The fourth-order valence-corrected chi connectivity index (χ4v) is 4.16. The summed E-state index contributed by atoms with van der Waals surface area (Å²) in [6, 6.07) is 0. The first kappa shape index (κ1) is 22.1. The van der Waals surface area contributed by atoms with Gasteiger partial charge in [0.2, 0.25) is 0 Å². The van der Waals surface area contributed by atoms with Crippen LogP contribution in [0.3, 0.4) is 0 Å². The normalized spacial score (nSPS) is 29.0. The number of ether oxygens (including phenoxy) is 4. The highest BCUT2D eigenvalue weighted by Gasteiger charge is 2.41. The van der Waals surface area contributed by atoms with Crippen LogP contribution >= 0.6 is 0 Å². The monoisotopic (exact) mass is 370 g/mol. The zero-order chi connectivity index (χ0) is 18.7. The smallest absolute Gasteiger partial charge is 0.0809 e. The van der Waals surface area contributed by atoms with Crippen LogP contribution < -0.4 is 0 Å². The second kappa shape index (κ2) is 12.3. The molecule has 0 aromatic carbocycles. The van der Waals surface area contributed by atoms with Gasteiger partial charge in [0.15, 0.2) is 0 Å². The molecule has 0 N–H and O–H groups in total. The molecule has 26 heavy (non-hydrogen) atoms. The Labute approximate surface area is 161 Å². The van der Waals surface area contributed by atoms with Crippen molar-refractivity contribution in [3.63, 3.8) is 0 Å². The van der Waals surface area contributed by atoms with Crippen molar-refractivity contribution >= 4 is 0 Å². The Morgan fingerprint density at radius 1 is 0.808 bits per heavy atom. The molecule has 4 heteroatoms. The van der Waals surface area contributed by atoms with E-state index in [1.165, 1.54) is 64.2 Å². The molecule has 0 spiro atoms. The first-order valence-electron chi connectivity index (χ1n) is 11.1. The summed E-state index contributed by atoms with van der Waals surface area (Å²) in [5, 5.41) is 0. The zero-order valence-corrected chi connectivity index (χ0v) is 17.5. The van der Waals surface area contributed by atoms with Crippen LogP contribution in [0.2, 0.25) is 0 Å². The summed E-state index contributed by atoms with van der Waals surface area (Å²) in [5.74, 6) is 0. The van der Waals surface area contributed by atoms with Crippen molar-refractivity contribution in [3.8, 4) is 0 Å². The van der Waals surface area contributed by atoms with Crippen LogP contribution in [0.4, 0.5) is 0 Å². The van der Waals surface area contributed by atoms with Gasteiger partial charge in [0.25, 0.3) is 0 Å². The first-order chi connectivity index (χ1) is 12.6. The fourth-order valence-electron chi connectivity index (χ4n) is 4.16. The number of hydrogen-bond donors (Lipinski definition) is 0. The third kappa shape index (κ3) is 7.46. The number of hydrogen-bond acceptors (Lipinski definition) is 4. The van der Waals surface area contributed by atoms with Gasteiger partial charge in [-0.05, 0) is 44.9 Å².